The highest BCUT2D eigenvalue weighted by Crippen LogP contribution is 2.46. The molecule has 1 amide bonds. The standard InChI is InChI=1S/C20H22ClN3O6/c1-28-16-12-13(17(24(26)27)19(30-3)18(16)29-2)20(25)23-10-8-22(9-11-23)15-7-5-4-6-14(15)21/h4-7,12H,8-11H2,1-3H3. The Bertz CT molecular complexity index is 960. The second kappa shape index (κ2) is 9.08. The first kappa shape index (κ1) is 21.5. The third-order valence-electron chi connectivity index (χ3n) is 4.98. The van der Waals surface area contributed by atoms with Gasteiger partial charge in [0.05, 0.1) is 37.0 Å². The molecule has 1 aliphatic rings. The number of hydrogen-bond donors (Lipinski definition) is 0. The second-order valence-electron chi connectivity index (χ2n) is 6.53. The Labute approximate surface area is 178 Å². The summed E-state index contributed by atoms with van der Waals surface area (Å²) >= 11 is 6.27. The first-order chi connectivity index (χ1) is 14.4. The number of amides is 1. The van der Waals surface area contributed by atoms with Gasteiger partial charge in [0.1, 0.15) is 5.56 Å². The van der Waals surface area contributed by atoms with Crippen LogP contribution in [0.15, 0.2) is 30.3 Å². The van der Waals surface area contributed by atoms with Crippen molar-refractivity contribution in [1.82, 2.24) is 4.90 Å². The van der Waals surface area contributed by atoms with Gasteiger partial charge in [0.2, 0.25) is 11.5 Å². The highest BCUT2D eigenvalue weighted by Gasteiger charge is 2.35. The van der Waals surface area contributed by atoms with Crippen LogP contribution >= 0.6 is 11.6 Å². The maximum absolute atomic E-state index is 13.2. The summed E-state index contributed by atoms with van der Waals surface area (Å²) in [6.45, 7) is 1.87. The number of para-hydroxylation sites is 1. The third kappa shape index (κ3) is 3.93. The highest BCUT2D eigenvalue weighted by atomic mass is 35.5. The van der Waals surface area contributed by atoms with Crippen LogP contribution in [-0.4, -0.2) is 63.2 Å². The fourth-order valence-corrected chi connectivity index (χ4v) is 3.77. The number of rotatable bonds is 6. The van der Waals surface area contributed by atoms with E-state index in [0.717, 1.165) is 5.69 Å². The molecule has 0 spiro atoms. The van der Waals surface area contributed by atoms with Crippen molar-refractivity contribution in [1.29, 1.82) is 0 Å². The molecular formula is C20H22ClN3O6. The van der Waals surface area contributed by atoms with Gasteiger partial charge in [0.15, 0.2) is 5.75 Å². The Morgan fingerprint density at radius 1 is 1.03 bits per heavy atom. The van der Waals surface area contributed by atoms with Crippen LogP contribution in [0.5, 0.6) is 17.2 Å². The Morgan fingerprint density at radius 3 is 2.20 bits per heavy atom. The molecule has 0 saturated carbocycles. The number of nitrogens with zero attached hydrogens (tertiary/aromatic N) is 3. The van der Waals surface area contributed by atoms with E-state index in [-0.39, 0.29) is 22.8 Å². The zero-order valence-corrected chi connectivity index (χ0v) is 17.6. The van der Waals surface area contributed by atoms with E-state index in [2.05, 4.69) is 4.90 Å². The zero-order valence-electron chi connectivity index (χ0n) is 16.9. The van der Waals surface area contributed by atoms with E-state index in [4.69, 9.17) is 25.8 Å². The van der Waals surface area contributed by atoms with Crippen molar-refractivity contribution in [2.75, 3.05) is 52.4 Å². The van der Waals surface area contributed by atoms with Crippen LogP contribution in [0.3, 0.4) is 0 Å². The fraction of sp³-hybridized carbons (Fsp3) is 0.350. The molecule has 0 aromatic heterocycles. The smallest absolute Gasteiger partial charge is 0.327 e. The molecule has 2 aromatic rings. The van der Waals surface area contributed by atoms with Gasteiger partial charge < -0.3 is 24.0 Å². The minimum Gasteiger partial charge on any atom is -0.493 e. The van der Waals surface area contributed by atoms with Crippen molar-refractivity contribution in [3.05, 3.63) is 51.0 Å². The van der Waals surface area contributed by atoms with Gasteiger partial charge in [-0.15, -0.1) is 0 Å². The van der Waals surface area contributed by atoms with Gasteiger partial charge in [-0.25, -0.2) is 0 Å². The molecule has 0 unspecified atom stereocenters. The molecule has 0 atom stereocenters. The molecule has 1 heterocycles. The predicted octanol–water partition coefficient (Wildman–Crippen LogP) is 3.24. The third-order valence-corrected chi connectivity index (χ3v) is 5.30. The highest BCUT2D eigenvalue weighted by molar-refractivity contribution is 6.33. The van der Waals surface area contributed by atoms with Gasteiger partial charge in [0, 0.05) is 32.2 Å². The number of hydrogen-bond acceptors (Lipinski definition) is 7. The van der Waals surface area contributed by atoms with Gasteiger partial charge in [0.25, 0.3) is 5.91 Å². The maximum Gasteiger partial charge on any atom is 0.327 e. The number of ether oxygens (including phenoxy) is 3. The minimum atomic E-state index is -0.645. The van der Waals surface area contributed by atoms with Crippen molar-refractivity contribution in [3.63, 3.8) is 0 Å². The van der Waals surface area contributed by atoms with Gasteiger partial charge in [-0.05, 0) is 12.1 Å². The number of carbonyl (C=O) groups excluding carboxylic acids is 1. The first-order valence-corrected chi connectivity index (χ1v) is 9.56. The molecule has 160 valence electrons. The van der Waals surface area contributed by atoms with Gasteiger partial charge in [-0.2, -0.15) is 0 Å². The number of piperazine rings is 1. The minimum absolute atomic E-state index is 0.0618. The van der Waals surface area contributed by atoms with Gasteiger partial charge >= 0.3 is 5.69 Å². The molecule has 10 heteroatoms. The van der Waals surface area contributed by atoms with Crippen LogP contribution in [0.1, 0.15) is 10.4 Å². The van der Waals surface area contributed by atoms with Gasteiger partial charge in [-0.3, -0.25) is 14.9 Å². The van der Waals surface area contributed by atoms with E-state index in [1.54, 1.807) is 4.90 Å². The average molecular weight is 436 g/mol. The largest absolute Gasteiger partial charge is 0.493 e. The van der Waals surface area contributed by atoms with Crippen LogP contribution in [0.2, 0.25) is 5.02 Å². The number of methoxy groups -OCH3 is 3. The molecule has 1 fully saturated rings. The van der Waals surface area contributed by atoms with Crippen molar-refractivity contribution >= 4 is 28.9 Å². The number of nitro groups is 1. The Balaban J connectivity index is 1.90. The molecule has 1 saturated heterocycles. The number of benzene rings is 2. The summed E-state index contributed by atoms with van der Waals surface area (Å²) in [6.07, 6.45) is 0. The van der Waals surface area contributed by atoms with Crippen LogP contribution in [0.25, 0.3) is 0 Å². The quantitative estimate of drug-likeness (QED) is 0.507. The lowest BCUT2D eigenvalue weighted by molar-refractivity contribution is -0.386. The molecule has 0 N–H and O–H groups in total. The van der Waals surface area contributed by atoms with Crippen LogP contribution in [-0.2, 0) is 0 Å². The number of nitro benzene ring substituents is 1. The Morgan fingerprint density at radius 2 is 1.67 bits per heavy atom. The average Bonchev–Trinajstić information content (AvgIpc) is 2.77. The van der Waals surface area contributed by atoms with Gasteiger partial charge in [-0.1, -0.05) is 23.7 Å². The maximum atomic E-state index is 13.2. The molecule has 0 bridgehead atoms. The van der Waals surface area contributed by atoms with Crippen molar-refractivity contribution in [2.45, 2.75) is 0 Å². The van der Waals surface area contributed by atoms with Crippen molar-refractivity contribution < 1.29 is 23.9 Å². The SMILES string of the molecule is COc1cc(C(=O)N2CCN(c3ccccc3Cl)CC2)c([N+](=O)[O-])c(OC)c1OC. The summed E-state index contributed by atoms with van der Waals surface area (Å²) in [5, 5.41) is 12.4. The topological polar surface area (TPSA) is 94.4 Å². The van der Waals surface area contributed by atoms with E-state index < -0.39 is 16.5 Å². The predicted molar refractivity (Wildman–Crippen MR) is 112 cm³/mol. The van der Waals surface area contributed by atoms with E-state index >= 15 is 0 Å². The Kier molecular flexibility index (Phi) is 6.51. The van der Waals surface area contributed by atoms with Crippen LogP contribution in [0.4, 0.5) is 11.4 Å². The monoisotopic (exact) mass is 435 g/mol. The van der Waals surface area contributed by atoms with E-state index in [1.165, 1.54) is 27.4 Å². The fourth-order valence-electron chi connectivity index (χ4n) is 3.51. The summed E-state index contributed by atoms with van der Waals surface area (Å²) < 4.78 is 15.7. The molecule has 1 aliphatic heterocycles. The summed E-state index contributed by atoms with van der Waals surface area (Å²) in [5.74, 6) is -0.385. The molecule has 2 aromatic carbocycles. The Hall–Kier alpha value is -3.20. The summed E-state index contributed by atoms with van der Waals surface area (Å²) in [7, 11) is 4.01. The summed E-state index contributed by atoms with van der Waals surface area (Å²) in [4.78, 5) is 28.0. The zero-order chi connectivity index (χ0) is 21.8. The lowest BCUT2D eigenvalue weighted by atomic mass is 10.1. The first-order valence-electron chi connectivity index (χ1n) is 9.19. The lowest BCUT2D eigenvalue weighted by Crippen LogP contribution is -2.49. The van der Waals surface area contributed by atoms with Crippen molar-refractivity contribution in [3.8, 4) is 17.2 Å². The van der Waals surface area contributed by atoms with E-state index in [9.17, 15) is 14.9 Å². The van der Waals surface area contributed by atoms with E-state index in [1.807, 2.05) is 24.3 Å². The number of anilines is 1. The second-order valence-corrected chi connectivity index (χ2v) is 6.94. The molecule has 3 rings (SSSR count). The van der Waals surface area contributed by atoms with Crippen LogP contribution < -0.4 is 19.1 Å². The molecule has 0 aliphatic carbocycles. The summed E-state index contributed by atoms with van der Waals surface area (Å²) in [5.41, 5.74) is 0.333. The molecule has 9 nitrogen and oxygen atoms in total. The molecule has 30 heavy (non-hydrogen) atoms. The number of halogens is 1. The summed E-state index contributed by atoms with van der Waals surface area (Å²) in [6, 6.07) is 8.81. The van der Waals surface area contributed by atoms with E-state index in [0.29, 0.717) is 31.2 Å². The van der Waals surface area contributed by atoms with Crippen molar-refractivity contribution in [2.24, 2.45) is 0 Å². The normalized spacial score (nSPS) is 13.7. The molecule has 0 radical (unpaired) electrons. The molecular weight excluding hydrogens is 414 g/mol. The number of carbonyl (C=O) groups is 1. The lowest BCUT2D eigenvalue weighted by Gasteiger charge is -2.36. The van der Waals surface area contributed by atoms with Crippen LogP contribution in [0, 0.1) is 10.1 Å².